The second-order valence-corrected chi connectivity index (χ2v) is 5.17. The van der Waals surface area contributed by atoms with Crippen LogP contribution in [0.1, 0.15) is 21.0 Å². The molecule has 0 aliphatic carbocycles. The van der Waals surface area contributed by atoms with Crippen LogP contribution in [0.15, 0.2) is 24.3 Å². The van der Waals surface area contributed by atoms with E-state index >= 15 is 0 Å². The van der Waals surface area contributed by atoms with Crippen molar-refractivity contribution in [3.63, 3.8) is 0 Å². The third kappa shape index (κ3) is 2.12. The van der Waals surface area contributed by atoms with E-state index in [1.165, 1.54) is 12.1 Å². The maximum Gasteiger partial charge on any atom is 0.345 e. The van der Waals surface area contributed by atoms with Crippen LogP contribution in [0.4, 0.5) is 8.78 Å². The third-order valence-electron chi connectivity index (χ3n) is 1.90. The van der Waals surface area contributed by atoms with Gasteiger partial charge in [-0.3, -0.25) is 0 Å². The van der Waals surface area contributed by atoms with Crippen molar-refractivity contribution in [2.45, 2.75) is 6.43 Å². The first-order chi connectivity index (χ1) is 7.58. The van der Waals surface area contributed by atoms with E-state index in [-0.39, 0.29) is 9.75 Å². The SMILES string of the molecule is O=C(O)c1ccc(-c2ccc(C(F)F)s2)s1. The van der Waals surface area contributed by atoms with Crippen molar-refractivity contribution < 1.29 is 18.7 Å². The van der Waals surface area contributed by atoms with Crippen LogP contribution < -0.4 is 0 Å². The predicted octanol–water partition coefficient (Wildman–Crippen LogP) is 4.11. The Balaban J connectivity index is 2.31. The van der Waals surface area contributed by atoms with Crippen molar-refractivity contribution in [2.24, 2.45) is 0 Å². The van der Waals surface area contributed by atoms with Crippen molar-refractivity contribution in [3.05, 3.63) is 34.0 Å². The quantitative estimate of drug-likeness (QED) is 0.901. The lowest BCUT2D eigenvalue weighted by Crippen LogP contribution is -1.89. The van der Waals surface area contributed by atoms with Gasteiger partial charge in [-0.25, -0.2) is 13.6 Å². The molecule has 0 radical (unpaired) electrons. The van der Waals surface area contributed by atoms with E-state index < -0.39 is 12.4 Å². The van der Waals surface area contributed by atoms with E-state index in [1.54, 1.807) is 12.1 Å². The summed E-state index contributed by atoms with van der Waals surface area (Å²) in [5, 5.41) is 8.73. The highest BCUT2D eigenvalue weighted by molar-refractivity contribution is 7.23. The van der Waals surface area contributed by atoms with E-state index in [0.29, 0.717) is 9.75 Å². The molecule has 0 fully saturated rings. The number of alkyl halides is 2. The Morgan fingerprint density at radius 1 is 1.12 bits per heavy atom. The Kier molecular flexibility index (Phi) is 3.02. The van der Waals surface area contributed by atoms with Gasteiger partial charge in [-0.1, -0.05) is 0 Å². The minimum atomic E-state index is -2.47. The lowest BCUT2D eigenvalue weighted by Gasteiger charge is -1.91. The summed E-state index contributed by atoms with van der Waals surface area (Å²) in [4.78, 5) is 12.2. The maximum atomic E-state index is 12.3. The summed E-state index contributed by atoms with van der Waals surface area (Å²) in [5.74, 6) is -0.998. The van der Waals surface area contributed by atoms with Gasteiger partial charge in [-0.05, 0) is 24.3 Å². The van der Waals surface area contributed by atoms with Crippen LogP contribution >= 0.6 is 22.7 Å². The normalized spacial score (nSPS) is 10.9. The standard InChI is InChI=1S/C10H6F2O2S2/c11-9(12)7-3-1-5(15-7)6-2-4-8(16-6)10(13)14/h1-4,9H,(H,13,14). The van der Waals surface area contributed by atoms with Gasteiger partial charge in [0.05, 0.1) is 4.88 Å². The number of hydrogen-bond donors (Lipinski definition) is 1. The Morgan fingerprint density at radius 2 is 1.75 bits per heavy atom. The molecular formula is C10H6F2O2S2. The smallest absolute Gasteiger partial charge is 0.345 e. The zero-order chi connectivity index (χ0) is 11.7. The molecule has 2 heterocycles. The van der Waals surface area contributed by atoms with Gasteiger partial charge in [-0.15, -0.1) is 22.7 Å². The molecule has 2 nitrogen and oxygen atoms in total. The molecule has 0 aliphatic heterocycles. The van der Waals surface area contributed by atoms with Gasteiger partial charge in [0.1, 0.15) is 4.88 Å². The zero-order valence-electron chi connectivity index (χ0n) is 7.81. The van der Waals surface area contributed by atoms with Crippen molar-refractivity contribution in [1.82, 2.24) is 0 Å². The first kappa shape index (κ1) is 11.2. The molecular weight excluding hydrogens is 254 g/mol. The van der Waals surface area contributed by atoms with Crippen LogP contribution in [0.3, 0.4) is 0 Å². The van der Waals surface area contributed by atoms with Crippen LogP contribution in [0.5, 0.6) is 0 Å². The van der Waals surface area contributed by atoms with Crippen LogP contribution in [0, 0.1) is 0 Å². The molecule has 0 amide bonds. The minimum Gasteiger partial charge on any atom is -0.477 e. The number of thiophene rings is 2. The number of carboxylic acids is 1. The highest BCUT2D eigenvalue weighted by atomic mass is 32.1. The summed E-state index contributed by atoms with van der Waals surface area (Å²) >= 11 is 2.07. The molecule has 0 atom stereocenters. The molecule has 0 saturated carbocycles. The second kappa shape index (κ2) is 4.31. The summed E-state index contributed by atoms with van der Waals surface area (Å²) in [6, 6.07) is 6.06. The van der Waals surface area contributed by atoms with Gasteiger partial charge in [-0.2, -0.15) is 0 Å². The Labute approximate surface area is 97.8 Å². The van der Waals surface area contributed by atoms with Crippen molar-refractivity contribution >= 4 is 28.6 Å². The molecule has 0 spiro atoms. The molecule has 6 heteroatoms. The molecule has 0 bridgehead atoms. The fourth-order valence-corrected chi connectivity index (χ4v) is 2.99. The highest BCUT2D eigenvalue weighted by Crippen LogP contribution is 2.36. The number of halogens is 2. The summed E-state index contributed by atoms with van der Waals surface area (Å²) in [7, 11) is 0. The van der Waals surface area contributed by atoms with Crippen LogP contribution in [-0.2, 0) is 0 Å². The molecule has 0 aromatic carbocycles. The lowest BCUT2D eigenvalue weighted by atomic mass is 10.3. The van der Waals surface area contributed by atoms with E-state index in [0.717, 1.165) is 22.7 Å². The number of hydrogen-bond acceptors (Lipinski definition) is 3. The molecule has 1 N–H and O–H groups in total. The van der Waals surface area contributed by atoms with Crippen LogP contribution in [-0.4, -0.2) is 11.1 Å². The van der Waals surface area contributed by atoms with E-state index in [1.807, 2.05) is 0 Å². The van der Waals surface area contributed by atoms with E-state index in [9.17, 15) is 13.6 Å². The number of carbonyl (C=O) groups is 1. The summed E-state index contributed by atoms with van der Waals surface area (Å²) < 4.78 is 24.7. The van der Waals surface area contributed by atoms with Crippen LogP contribution in [0.2, 0.25) is 0 Å². The molecule has 0 aliphatic rings. The summed E-state index contributed by atoms with van der Waals surface area (Å²) in [5.41, 5.74) is 0. The number of rotatable bonds is 3. The molecule has 0 unspecified atom stereocenters. The first-order valence-electron chi connectivity index (χ1n) is 4.29. The molecule has 2 rings (SSSR count). The fraction of sp³-hybridized carbons (Fsp3) is 0.100. The van der Waals surface area contributed by atoms with Crippen molar-refractivity contribution in [2.75, 3.05) is 0 Å². The predicted molar refractivity (Wildman–Crippen MR) is 59.5 cm³/mol. The Bertz CT molecular complexity index is 516. The molecule has 0 saturated heterocycles. The largest absolute Gasteiger partial charge is 0.477 e. The Morgan fingerprint density at radius 3 is 2.25 bits per heavy atom. The lowest BCUT2D eigenvalue weighted by molar-refractivity contribution is 0.0702. The molecule has 2 aromatic heterocycles. The fourth-order valence-electron chi connectivity index (χ4n) is 1.19. The Hall–Kier alpha value is -1.27. The minimum absolute atomic E-state index is 0.000255. The number of aromatic carboxylic acids is 1. The monoisotopic (exact) mass is 260 g/mol. The van der Waals surface area contributed by atoms with E-state index in [2.05, 4.69) is 0 Å². The molecule has 2 aromatic rings. The third-order valence-corrected chi connectivity index (χ3v) is 4.26. The first-order valence-corrected chi connectivity index (χ1v) is 5.92. The van der Waals surface area contributed by atoms with Crippen molar-refractivity contribution in [1.29, 1.82) is 0 Å². The zero-order valence-corrected chi connectivity index (χ0v) is 9.45. The van der Waals surface area contributed by atoms with Gasteiger partial charge < -0.3 is 5.11 Å². The van der Waals surface area contributed by atoms with Gasteiger partial charge in [0, 0.05) is 9.75 Å². The van der Waals surface area contributed by atoms with Gasteiger partial charge in [0.2, 0.25) is 0 Å². The maximum absolute atomic E-state index is 12.3. The molecule has 84 valence electrons. The number of carboxylic acid groups (broad SMARTS) is 1. The van der Waals surface area contributed by atoms with Crippen LogP contribution in [0.25, 0.3) is 9.75 Å². The average molecular weight is 260 g/mol. The summed E-state index contributed by atoms with van der Waals surface area (Å²) in [6.45, 7) is 0. The van der Waals surface area contributed by atoms with E-state index in [4.69, 9.17) is 5.11 Å². The second-order valence-electron chi connectivity index (χ2n) is 2.97. The summed E-state index contributed by atoms with van der Waals surface area (Å²) in [6.07, 6.45) is -2.47. The van der Waals surface area contributed by atoms with Gasteiger partial charge >= 0.3 is 5.97 Å². The van der Waals surface area contributed by atoms with Gasteiger partial charge in [0.15, 0.2) is 0 Å². The average Bonchev–Trinajstić information content (AvgIpc) is 2.86. The molecule has 16 heavy (non-hydrogen) atoms. The highest BCUT2D eigenvalue weighted by Gasteiger charge is 2.13. The van der Waals surface area contributed by atoms with Crippen molar-refractivity contribution in [3.8, 4) is 9.75 Å². The topological polar surface area (TPSA) is 37.3 Å². The van der Waals surface area contributed by atoms with Gasteiger partial charge in [0.25, 0.3) is 6.43 Å².